The highest BCUT2D eigenvalue weighted by molar-refractivity contribution is 6.23. The number of nitrogens with zero attached hydrogens (tertiary/aromatic N) is 1. The molecule has 136 valence electrons. The van der Waals surface area contributed by atoms with E-state index in [1.165, 1.54) is 4.90 Å². The van der Waals surface area contributed by atoms with Crippen LogP contribution in [0.25, 0.3) is 0 Å². The van der Waals surface area contributed by atoms with Crippen molar-refractivity contribution in [3.05, 3.63) is 48.5 Å². The molecule has 6 heteroatoms. The van der Waals surface area contributed by atoms with Gasteiger partial charge in [0.05, 0.1) is 31.5 Å². The number of carbonyl (C=O) groups excluding carboxylic acids is 2. The van der Waals surface area contributed by atoms with Crippen molar-refractivity contribution < 1.29 is 19.1 Å². The zero-order chi connectivity index (χ0) is 18.5. The molecular formula is C20H22N2O4. The number of imide groups is 1. The number of benzene rings is 2. The summed E-state index contributed by atoms with van der Waals surface area (Å²) in [7, 11) is 1.57. The highest BCUT2D eigenvalue weighted by atomic mass is 16.5. The number of hydrogen-bond donors (Lipinski definition) is 1. The molecule has 0 saturated carbocycles. The molecule has 2 aromatic rings. The lowest BCUT2D eigenvalue weighted by Crippen LogP contribution is -2.34. The first kappa shape index (κ1) is 17.8. The Kier molecular flexibility index (Phi) is 5.41. The van der Waals surface area contributed by atoms with Gasteiger partial charge in [-0.05, 0) is 42.8 Å². The number of nitrogens with one attached hydrogen (secondary N) is 1. The number of amides is 2. The lowest BCUT2D eigenvalue weighted by molar-refractivity contribution is -0.121. The summed E-state index contributed by atoms with van der Waals surface area (Å²) >= 11 is 0. The summed E-state index contributed by atoms with van der Waals surface area (Å²) < 4.78 is 10.8. The molecule has 1 aliphatic rings. The number of carbonyl (C=O) groups is 2. The van der Waals surface area contributed by atoms with Gasteiger partial charge in [-0.25, -0.2) is 4.90 Å². The Morgan fingerprint density at radius 1 is 1.12 bits per heavy atom. The number of rotatable bonds is 7. The number of anilines is 2. The summed E-state index contributed by atoms with van der Waals surface area (Å²) in [5.41, 5.74) is 1.24. The molecule has 3 rings (SSSR count). The van der Waals surface area contributed by atoms with Gasteiger partial charge in [0.1, 0.15) is 17.5 Å². The highest BCUT2D eigenvalue weighted by Gasteiger charge is 2.39. The minimum atomic E-state index is -0.616. The van der Waals surface area contributed by atoms with Crippen LogP contribution in [0.3, 0.4) is 0 Å². The van der Waals surface area contributed by atoms with Crippen LogP contribution in [0.5, 0.6) is 11.5 Å². The van der Waals surface area contributed by atoms with E-state index in [9.17, 15) is 9.59 Å². The molecule has 1 N–H and O–H groups in total. The monoisotopic (exact) mass is 354 g/mol. The molecular weight excluding hydrogens is 332 g/mol. The molecule has 1 aliphatic heterocycles. The second-order valence-electron chi connectivity index (χ2n) is 6.01. The van der Waals surface area contributed by atoms with Gasteiger partial charge in [0, 0.05) is 0 Å². The van der Waals surface area contributed by atoms with Crippen molar-refractivity contribution in [2.45, 2.75) is 25.8 Å². The van der Waals surface area contributed by atoms with E-state index in [-0.39, 0.29) is 18.2 Å². The normalized spacial score (nSPS) is 16.7. The Morgan fingerprint density at radius 3 is 2.54 bits per heavy atom. The fourth-order valence-corrected chi connectivity index (χ4v) is 2.88. The third kappa shape index (κ3) is 3.64. The number of para-hydroxylation sites is 2. The van der Waals surface area contributed by atoms with Crippen molar-refractivity contribution in [2.75, 3.05) is 23.9 Å². The van der Waals surface area contributed by atoms with Crippen molar-refractivity contribution >= 4 is 23.2 Å². The molecule has 2 amide bonds. The van der Waals surface area contributed by atoms with Crippen LogP contribution in [0.1, 0.15) is 19.8 Å². The fourth-order valence-electron chi connectivity index (χ4n) is 2.88. The lowest BCUT2D eigenvalue weighted by Gasteiger charge is -2.17. The smallest absolute Gasteiger partial charge is 0.256 e. The molecule has 0 radical (unpaired) electrons. The summed E-state index contributed by atoms with van der Waals surface area (Å²) in [6, 6.07) is 13.7. The molecule has 0 spiro atoms. The maximum absolute atomic E-state index is 12.7. The number of methoxy groups -OCH3 is 1. The minimum Gasteiger partial charge on any atom is -0.495 e. The van der Waals surface area contributed by atoms with Crippen molar-refractivity contribution in [1.82, 2.24) is 0 Å². The van der Waals surface area contributed by atoms with Crippen LogP contribution >= 0.6 is 0 Å². The van der Waals surface area contributed by atoms with Gasteiger partial charge in [-0.1, -0.05) is 19.1 Å². The van der Waals surface area contributed by atoms with E-state index < -0.39 is 6.04 Å². The molecule has 0 bridgehead atoms. The van der Waals surface area contributed by atoms with Gasteiger partial charge in [-0.2, -0.15) is 0 Å². The average Bonchev–Trinajstić information content (AvgIpc) is 2.94. The molecule has 1 saturated heterocycles. The van der Waals surface area contributed by atoms with E-state index >= 15 is 0 Å². The van der Waals surface area contributed by atoms with E-state index in [2.05, 4.69) is 5.32 Å². The topological polar surface area (TPSA) is 67.9 Å². The third-order valence-corrected chi connectivity index (χ3v) is 4.15. The molecule has 2 aromatic carbocycles. The zero-order valence-corrected chi connectivity index (χ0v) is 14.9. The molecule has 0 aliphatic carbocycles. The van der Waals surface area contributed by atoms with Crippen LogP contribution in [-0.2, 0) is 9.59 Å². The van der Waals surface area contributed by atoms with Gasteiger partial charge in [-0.3, -0.25) is 9.59 Å². The molecule has 1 fully saturated rings. The first-order valence-electron chi connectivity index (χ1n) is 8.63. The van der Waals surface area contributed by atoms with Crippen LogP contribution < -0.4 is 19.7 Å². The van der Waals surface area contributed by atoms with Gasteiger partial charge in [0.15, 0.2) is 0 Å². The van der Waals surface area contributed by atoms with Crippen molar-refractivity contribution in [1.29, 1.82) is 0 Å². The lowest BCUT2D eigenvalue weighted by atomic mass is 10.2. The van der Waals surface area contributed by atoms with Crippen molar-refractivity contribution in [3.8, 4) is 11.5 Å². The summed E-state index contributed by atoms with van der Waals surface area (Å²) in [4.78, 5) is 26.4. The number of hydrogen-bond acceptors (Lipinski definition) is 5. The molecule has 1 unspecified atom stereocenters. The Balaban J connectivity index is 1.74. The summed E-state index contributed by atoms with van der Waals surface area (Å²) in [6.07, 6.45) is 1.02. The quantitative estimate of drug-likeness (QED) is 0.773. The van der Waals surface area contributed by atoms with Crippen molar-refractivity contribution in [2.24, 2.45) is 0 Å². The standard InChI is InChI=1S/C20H22N2O4/c1-3-12-26-15-10-8-14(9-11-15)22-19(23)13-17(20(22)24)21-16-6-4-5-7-18(16)25-2/h4-11,17,21H,3,12-13H2,1-2H3. The largest absolute Gasteiger partial charge is 0.495 e. The van der Waals surface area contributed by atoms with Crippen LogP contribution in [0.4, 0.5) is 11.4 Å². The molecule has 1 heterocycles. The molecule has 6 nitrogen and oxygen atoms in total. The summed E-state index contributed by atoms with van der Waals surface area (Å²) in [5.74, 6) is 0.842. The van der Waals surface area contributed by atoms with E-state index in [4.69, 9.17) is 9.47 Å². The Bertz CT molecular complexity index is 789. The summed E-state index contributed by atoms with van der Waals surface area (Å²) in [6.45, 7) is 2.66. The third-order valence-electron chi connectivity index (χ3n) is 4.15. The first-order chi connectivity index (χ1) is 12.6. The maximum atomic E-state index is 12.7. The molecule has 0 aromatic heterocycles. The Morgan fingerprint density at radius 2 is 1.85 bits per heavy atom. The van der Waals surface area contributed by atoms with Crippen LogP contribution in [-0.4, -0.2) is 31.6 Å². The second kappa shape index (κ2) is 7.91. The Hall–Kier alpha value is -3.02. The van der Waals surface area contributed by atoms with Crippen LogP contribution in [0, 0.1) is 0 Å². The van der Waals surface area contributed by atoms with Gasteiger partial charge >= 0.3 is 0 Å². The van der Waals surface area contributed by atoms with Crippen LogP contribution in [0.2, 0.25) is 0 Å². The average molecular weight is 354 g/mol. The van der Waals surface area contributed by atoms with Gasteiger partial charge in [-0.15, -0.1) is 0 Å². The van der Waals surface area contributed by atoms with Gasteiger partial charge in [0.25, 0.3) is 5.91 Å². The van der Waals surface area contributed by atoms with E-state index in [1.54, 1.807) is 37.4 Å². The molecule has 1 atom stereocenters. The SMILES string of the molecule is CCCOc1ccc(N2C(=O)CC(Nc3ccccc3OC)C2=O)cc1. The highest BCUT2D eigenvalue weighted by Crippen LogP contribution is 2.29. The minimum absolute atomic E-state index is 0.102. The van der Waals surface area contributed by atoms with Crippen molar-refractivity contribution in [3.63, 3.8) is 0 Å². The second-order valence-corrected chi connectivity index (χ2v) is 6.01. The Labute approximate surface area is 152 Å². The summed E-state index contributed by atoms with van der Waals surface area (Å²) in [5, 5.41) is 3.12. The van der Waals surface area contributed by atoms with Gasteiger partial charge in [0.2, 0.25) is 5.91 Å². The van der Waals surface area contributed by atoms with E-state index in [1.807, 2.05) is 25.1 Å². The first-order valence-corrected chi connectivity index (χ1v) is 8.63. The van der Waals surface area contributed by atoms with Crippen LogP contribution in [0.15, 0.2) is 48.5 Å². The predicted molar refractivity (Wildman–Crippen MR) is 99.7 cm³/mol. The maximum Gasteiger partial charge on any atom is 0.256 e. The van der Waals surface area contributed by atoms with Gasteiger partial charge < -0.3 is 14.8 Å². The van der Waals surface area contributed by atoms with E-state index in [0.717, 1.165) is 12.2 Å². The zero-order valence-electron chi connectivity index (χ0n) is 14.9. The fraction of sp³-hybridized carbons (Fsp3) is 0.300. The molecule has 26 heavy (non-hydrogen) atoms. The number of ether oxygens (including phenoxy) is 2. The van der Waals surface area contributed by atoms with E-state index in [0.29, 0.717) is 23.7 Å². The predicted octanol–water partition coefficient (Wildman–Crippen LogP) is 3.23.